The maximum atomic E-state index is 14.6. The van der Waals surface area contributed by atoms with Crippen LogP contribution in [0.3, 0.4) is 0 Å². The molecule has 2 aromatic carbocycles. The van der Waals surface area contributed by atoms with Crippen molar-refractivity contribution in [1.29, 1.82) is 0 Å². The molecule has 0 bridgehead atoms. The van der Waals surface area contributed by atoms with E-state index in [9.17, 15) is 33.5 Å². The van der Waals surface area contributed by atoms with E-state index in [0.717, 1.165) is 15.9 Å². The summed E-state index contributed by atoms with van der Waals surface area (Å²) in [6, 6.07) is 9.89. The minimum atomic E-state index is -2.12. The Kier molecular flexibility index (Phi) is 5.81. The topological polar surface area (TPSA) is 112 Å². The van der Waals surface area contributed by atoms with Gasteiger partial charge in [0.05, 0.1) is 17.5 Å². The number of alkyl halides is 2. The minimum Gasteiger partial charge on any atom is -0.505 e. The number of likely N-dealkylation sites (tertiary alicyclic amines) is 1. The van der Waals surface area contributed by atoms with Crippen molar-refractivity contribution in [1.82, 2.24) is 4.90 Å². The van der Waals surface area contributed by atoms with Gasteiger partial charge >= 0.3 is 0 Å². The van der Waals surface area contributed by atoms with Crippen LogP contribution in [-0.4, -0.2) is 56.2 Å². The smallest absolute Gasteiger partial charge is 0.253 e. The number of anilines is 1. The Labute approximate surface area is 238 Å². The van der Waals surface area contributed by atoms with Gasteiger partial charge in [0.15, 0.2) is 27.1 Å². The third kappa shape index (κ3) is 3.22. The molecular weight excluding hydrogens is 562 g/mol. The lowest BCUT2D eigenvalue weighted by Crippen LogP contribution is -2.60. The van der Waals surface area contributed by atoms with Crippen molar-refractivity contribution in [3.8, 4) is 5.75 Å². The van der Waals surface area contributed by atoms with Crippen LogP contribution in [-0.2, 0) is 19.2 Å². The zero-order valence-electron chi connectivity index (χ0n) is 21.4. The second kappa shape index (κ2) is 8.72. The van der Waals surface area contributed by atoms with E-state index in [4.69, 9.17) is 23.2 Å². The van der Waals surface area contributed by atoms with Crippen molar-refractivity contribution in [3.05, 3.63) is 71.1 Å². The van der Waals surface area contributed by atoms with Gasteiger partial charge < -0.3 is 5.11 Å². The molecule has 6 rings (SSSR count). The first-order chi connectivity index (χ1) is 18.8. The molecule has 1 saturated carbocycles. The summed E-state index contributed by atoms with van der Waals surface area (Å²) in [7, 11) is 1.25. The summed E-state index contributed by atoms with van der Waals surface area (Å²) in [6.45, 7) is 1.41. The molecule has 11 heteroatoms. The lowest BCUT2D eigenvalue weighted by atomic mass is 9.56. The Hall–Kier alpha value is -3.56. The Morgan fingerprint density at radius 1 is 1.00 bits per heavy atom. The number of fused-ring (bicyclic) bond motifs is 4. The monoisotopic (exact) mass is 584 g/mol. The molecular formula is C29H23Cl2FN2O6. The quantitative estimate of drug-likeness (QED) is 0.253. The number of hydrogen-bond acceptors (Lipinski definition) is 6. The molecule has 1 N–H and O–H groups in total. The number of phenols is 1. The fourth-order valence-electron chi connectivity index (χ4n) is 6.95. The van der Waals surface area contributed by atoms with Crippen LogP contribution in [0.2, 0.25) is 0 Å². The number of phenolic OH excluding ortho intramolecular Hbond substituents is 1. The van der Waals surface area contributed by atoms with Gasteiger partial charge in [-0.2, -0.15) is 0 Å². The Balaban J connectivity index is 1.50. The number of allylic oxidation sites excluding steroid dienone is 2. The lowest BCUT2D eigenvalue weighted by molar-refractivity contribution is -0.138. The van der Waals surface area contributed by atoms with Crippen LogP contribution < -0.4 is 4.90 Å². The van der Waals surface area contributed by atoms with Crippen LogP contribution in [0.4, 0.5) is 10.1 Å². The first-order valence-electron chi connectivity index (χ1n) is 12.7. The van der Waals surface area contributed by atoms with Crippen molar-refractivity contribution >= 4 is 58.3 Å². The molecule has 6 unspecified atom stereocenters. The molecule has 2 heterocycles. The highest BCUT2D eigenvalue weighted by molar-refractivity contribution is 6.53. The van der Waals surface area contributed by atoms with Gasteiger partial charge in [0.2, 0.25) is 11.8 Å². The lowest BCUT2D eigenvalue weighted by Gasteiger charge is -2.50. The first kappa shape index (κ1) is 26.7. The van der Waals surface area contributed by atoms with E-state index in [-0.39, 0.29) is 24.2 Å². The third-order valence-corrected chi connectivity index (χ3v) is 10.3. The fourth-order valence-corrected chi connectivity index (χ4v) is 7.97. The maximum absolute atomic E-state index is 14.6. The van der Waals surface area contributed by atoms with E-state index in [1.54, 1.807) is 6.08 Å². The van der Waals surface area contributed by atoms with Gasteiger partial charge in [0, 0.05) is 24.1 Å². The van der Waals surface area contributed by atoms with Gasteiger partial charge in [0.1, 0.15) is 0 Å². The Bertz CT molecular complexity index is 1570. The van der Waals surface area contributed by atoms with Crippen molar-refractivity contribution in [2.24, 2.45) is 17.8 Å². The van der Waals surface area contributed by atoms with E-state index < -0.39 is 68.6 Å². The zero-order chi connectivity index (χ0) is 28.9. The van der Waals surface area contributed by atoms with Gasteiger partial charge in [0.25, 0.3) is 11.8 Å². The number of Topliss-reactive ketones (excluding diaryl/α,β-unsaturated/α-hetero) is 1. The summed E-state index contributed by atoms with van der Waals surface area (Å²) >= 11 is 14.1. The summed E-state index contributed by atoms with van der Waals surface area (Å²) in [6.07, 6.45) is 1.60. The molecule has 206 valence electrons. The van der Waals surface area contributed by atoms with Crippen molar-refractivity contribution < 1.29 is 33.5 Å². The second-order valence-electron chi connectivity index (χ2n) is 10.8. The van der Waals surface area contributed by atoms with Gasteiger partial charge in [-0.3, -0.25) is 33.8 Å². The van der Waals surface area contributed by atoms with Crippen LogP contribution in [0.25, 0.3) is 0 Å². The Morgan fingerprint density at radius 3 is 2.33 bits per heavy atom. The molecule has 0 aromatic heterocycles. The van der Waals surface area contributed by atoms with Gasteiger partial charge in [-0.25, -0.2) is 4.39 Å². The number of amides is 4. The molecule has 0 radical (unpaired) electrons. The molecule has 2 aliphatic heterocycles. The number of halogens is 3. The number of para-hydroxylation sites is 1. The van der Waals surface area contributed by atoms with E-state index in [2.05, 4.69) is 0 Å². The molecule has 6 atom stereocenters. The van der Waals surface area contributed by atoms with Crippen LogP contribution in [0.15, 0.2) is 54.1 Å². The highest BCUT2D eigenvalue weighted by atomic mass is 35.5. The molecule has 0 spiro atoms. The first-order valence-corrected chi connectivity index (χ1v) is 13.5. The van der Waals surface area contributed by atoms with Crippen molar-refractivity contribution in [2.75, 3.05) is 11.9 Å². The van der Waals surface area contributed by atoms with Gasteiger partial charge in [-0.05, 0) is 56.0 Å². The van der Waals surface area contributed by atoms with Crippen LogP contribution >= 0.6 is 23.2 Å². The molecule has 4 amide bonds. The van der Waals surface area contributed by atoms with E-state index >= 15 is 0 Å². The van der Waals surface area contributed by atoms with Crippen molar-refractivity contribution in [2.45, 2.75) is 35.4 Å². The number of ketones is 1. The second-order valence-corrected chi connectivity index (χ2v) is 12.0. The summed E-state index contributed by atoms with van der Waals surface area (Å²) in [5, 5.41) is 10.7. The molecule has 2 aromatic rings. The third-order valence-electron chi connectivity index (χ3n) is 8.88. The number of carbonyl (C=O) groups excluding carboxylic acids is 5. The number of benzene rings is 2. The number of carbonyl (C=O) groups is 5. The SMILES string of the molecule is CC(=O)c1ccc(N2C(=O)C3CC=C4C(CC5(Cl)C(=O)N(C)C(=O)C5(Cl)C4c4cccc(F)c4O)C3C2=O)cc1. The highest BCUT2D eigenvalue weighted by Gasteiger charge is 2.76. The zero-order valence-corrected chi connectivity index (χ0v) is 22.9. The molecule has 2 saturated heterocycles. The van der Waals surface area contributed by atoms with E-state index in [1.807, 2.05) is 0 Å². The molecule has 8 nitrogen and oxygen atoms in total. The Morgan fingerprint density at radius 2 is 1.68 bits per heavy atom. The summed E-state index contributed by atoms with van der Waals surface area (Å²) in [5.74, 6) is -8.17. The molecule has 2 aliphatic carbocycles. The summed E-state index contributed by atoms with van der Waals surface area (Å²) < 4.78 is 14.6. The average Bonchev–Trinajstić information content (AvgIpc) is 3.25. The number of aromatic hydroxyl groups is 1. The van der Waals surface area contributed by atoms with Gasteiger partial charge in [-0.1, -0.05) is 23.8 Å². The highest BCUT2D eigenvalue weighted by Crippen LogP contribution is 2.66. The predicted molar refractivity (Wildman–Crippen MR) is 142 cm³/mol. The molecule has 4 aliphatic rings. The maximum Gasteiger partial charge on any atom is 0.253 e. The normalized spacial score (nSPS) is 33.1. The largest absolute Gasteiger partial charge is 0.505 e. The summed E-state index contributed by atoms with van der Waals surface area (Å²) in [5.41, 5.74) is 1.12. The van der Waals surface area contributed by atoms with Crippen LogP contribution in [0.5, 0.6) is 5.75 Å². The number of rotatable bonds is 3. The van der Waals surface area contributed by atoms with E-state index in [1.165, 1.54) is 50.4 Å². The predicted octanol–water partition coefficient (Wildman–Crippen LogP) is 3.93. The average molecular weight is 585 g/mol. The van der Waals surface area contributed by atoms with E-state index in [0.29, 0.717) is 16.8 Å². The van der Waals surface area contributed by atoms with Crippen molar-refractivity contribution in [3.63, 3.8) is 0 Å². The van der Waals surface area contributed by atoms with Gasteiger partial charge in [-0.15, -0.1) is 23.2 Å². The fraction of sp³-hybridized carbons (Fsp3) is 0.345. The molecule has 40 heavy (non-hydrogen) atoms. The standard InChI is InChI=1S/C29H23Cl2FN2O6/c1-13(35)14-6-8-15(9-7-14)34-24(37)17-11-10-16-19(21(17)25(34)38)12-28(30)26(39)33(2)27(40)29(28,31)22(16)18-4-3-5-20(32)23(18)36/h3-10,17,19,21-22,36H,11-12H2,1-2H3. The molecule has 3 fully saturated rings. The minimum absolute atomic E-state index is 0.0423. The van der Waals surface area contributed by atoms with Crippen LogP contribution in [0, 0.1) is 23.6 Å². The number of imide groups is 2. The number of hydrogen-bond donors (Lipinski definition) is 1. The number of nitrogens with zero attached hydrogens (tertiary/aromatic N) is 2. The summed E-state index contributed by atoms with van der Waals surface area (Å²) in [4.78, 5) is 63.9. The van der Waals surface area contributed by atoms with Crippen LogP contribution in [0.1, 0.15) is 41.6 Å².